The van der Waals surface area contributed by atoms with E-state index in [4.69, 9.17) is 0 Å². The van der Waals surface area contributed by atoms with Crippen molar-refractivity contribution in [3.05, 3.63) is 23.0 Å². The molecule has 0 saturated heterocycles. The molecule has 5 heteroatoms. The molecule has 2 rings (SSSR count). The van der Waals surface area contributed by atoms with Gasteiger partial charge in [0.2, 0.25) is 5.91 Å². The topological polar surface area (TPSA) is 35.9 Å². The van der Waals surface area contributed by atoms with Crippen LogP contribution in [0.1, 0.15) is 26.7 Å². The first-order valence-electron chi connectivity index (χ1n) is 6.15. The number of amidine groups is 1. The van der Waals surface area contributed by atoms with Gasteiger partial charge in [-0.2, -0.15) is 0 Å². The van der Waals surface area contributed by atoms with Crippen molar-refractivity contribution >= 4 is 27.7 Å². The van der Waals surface area contributed by atoms with Gasteiger partial charge in [-0.05, 0) is 54.8 Å². The third-order valence-corrected chi connectivity index (χ3v) is 3.69. The quantitative estimate of drug-likeness (QED) is 0.697. The summed E-state index contributed by atoms with van der Waals surface area (Å²) in [7, 11) is 1.79. The van der Waals surface area contributed by atoms with Crippen LogP contribution >= 0.6 is 15.9 Å². The van der Waals surface area contributed by atoms with Gasteiger partial charge in [0, 0.05) is 19.3 Å². The van der Waals surface area contributed by atoms with E-state index in [-0.39, 0.29) is 11.9 Å². The van der Waals surface area contributed by atoms with Crippen LogP contribution in [-0.4, -0.2) is 40.7 Å². The van der Waals surface area contributed by atoms with E-state index in [1.54, 1.807) is 18.1 Å². The molecule has 1 unspecified atom stereocenters. The minimum atomic E-state index is -0.172. The summed E-state index contributed by atoms with van der Waals surface area (Å²) in [5.74, 6) is 0.990. The first-order valence-corrected chi connectivity index (χ1v) is 6.94. The molecule has 1 heterocycles. The Morgan fingerprint density at radius 1 is 1.44 bits per heavy atom. The fourth-order valence-corrected chi connectivity index (χ4v) is 2.61. The number of likely N-dealkylation sites (N-methyl/N-ethyl adjacent to an activating group) is 1. The lowest BCUT2D eigenvalue weighted by Crippen LogP contribution is -2.47. The van der Waals surface area contributed by atoms with E-state index < -0.39 is 0 Å². The summed E-state index contributed by atoms with van der Waals surface area (Å²) in [6, 6.07) is 0.291. The summed E-state index contributed by atoms with van der Waals surface area (Å²) in [5, 5.41) is 0. The van der Waals surface area contributed by atoms with Crippen molar-refractivity contribution in [2.75, 3.05) is 7.05 Å². The molecule has 4 nitrogen and oxygen atoms in total. The van der Waals surface area contributed by atoms with Crippen molar-refractivity contribution in [3.63, 3.8) is 0 Å². The normalized spacial score (nSPS) is 33.6. The Bertz CT molecular complexity index is 438. The number of hydrogen-bond acceptors (Lipinski definition) is 3. The molecule has 18 heavy (non-hydrogen) atoms. The number of halogens is 1. The molecule has 0 aromatic rings. The minimum absolute atomic E-state index is 0.0964. The third kappa shape index (κ3) is 2.83. The fourth-order valence-electron chi connectivity index (χ4n) is 2.20. The van der Waals surface area contributed by atoms with Gasteiger partial charge in [-0.15, -0.1) is 0 Å². The summed E-state index contributed by atoms with van der Waals surface area (Å²) in [6.07, 6.45) is 7.71. The minimum Gasteiger partial charge on any atom is -0.346 e. The zero-order valence-corrected chi connectivity index (χ0v) is 12.5. The summed E-state index contributed by atoms with van der Waals surface area (Å²) in [4.78, 5) is 20.5. The Morgan fingerprint density at radius 2 is 2.11 bits per heavy atom. The predicted molar refractivity (Wildman–Crippen MR) is 76.4 cm³/mol. The van der Waals surface area contributed by atoms with Crippen molar-refractivity contribution < 1.29 is 4.79 Å². The maximum absolute atomic E-state index is 12.3. The zero-order chi connectivity index (χ0) is 13.3. The van der Waals surface area contributed by atoms with Crippen molar-refractivity contribution in [2.45, 2.75) is 38.8 Å². The van der Waals surface area contributed by atoms with Gasteiger partial charge in [0.05, 0.1) is 0 Å². The number of carbonyl (C=O) groups excluding carboxylic acids is 1. The molecule has 0 aromatic heterocycles. The first-order chi connectivity index (χ1) is 8.50. The van der Waals surface area contributed by atoms with Crippen LogP contribution in [-0.2, 0) is 4.79 Å². The van der Waals surface area contributed by atoms with Crippen LogP contribution in [0, 0.1) is 0 Å². The molecule has 0 N–H and O–H groups in total. The van der Waals surface area contributed by atoms with Gasteiger partial charge in [-0.25, -0.2) is 4.99 Å². The van der Waals surface area contributed by atoms with Crippen molar-refractivity contribution in [2.24, 2.45) is 4.99 Å². The maximum Gasteiger partial charge on any atom is 0.248 e. The number of hydrogen-bond donors (Lipinski definition) is 0. The van der Waals surface area contributed by atoms with Crippen molar-refractivity contribution in [1.82, 2.24) is 9.80 Å². The number of rotatable bonds is 1. The zero-order valence-electron chi connectivity index (χ0n) is 10.9. The molecule has 1 amide bonds. The van der Waals surface area contributed by atoms with Gasteiger partial charge >= 0.3 is 0 Å². The van der Waals surface area contributed by atoms with Crippen LogP contribution in [0.25, 0.3) is 0 Å². The summed E-state index contributed by atoms with van der Waals surface area (Å²) >= 11 is 3.42. The Balaban J connectivity index is 2.37. The number of allylic oxidation sites excluding steroid dienone is 2. The maximum atomic E-state index is 12.3. The summed E-state index contributed by atoms with van der Waals surface area (Å²) in [5.41, 5.74) is 0. The molecule has 1 aliphatic heterocycles. The highest BCUT2D eigenvalue weighted by Gasteiger charge is 2.36. The Labute approximate surface area is 116 Å². The Morgan fingerprint density at radius 3 is 2.72 bits per heavy atom. The van der Waals surface area contributed by atoms with E-state index in [1.807, 2.05) is 26.0 Å². The monoisotopic (exact) mass is 311 g/mol. The smallest absolute Gasteiger partial charge is 0.248 e. The average Bonchev–Trinajstić information content (AvgIpc) is 3.11. The molecule has 1 fully saturated rings. The number of nitrogens with zero attached hydrogens (tertiary/aromatic N) is 3. The fraction of sp³-hybridized carbons (Fsp3) is 0.538. The van der Waals surface area contributed by atoms with E-state index in [2.05, 4.69) is 25.8 Å². The van der Waals surface area contributed by atoms with Gasteiger partial charge < -0.3 is 9.80 Å². The van der Waals surface area contributed by atoms with Crippen LogP contribution in [0.2, 0.25) is 0 Å². The van der Waals surface area contributed by atoms with E-state index in [1.165, 1.54) is 0 Å². The molecule has 0 bridgehead atoms. The lowest BCUT2D eigenvalue weighted by Gasteiger charge is -2.32. The van der Waals surface area contributed by atoms with Gasteiger partial charge in [0.25, 0.3) is 0 Å². The number of aliphatic imine (C=N–C) groups is 1. The Hall–Kier alpha value is -1.10. The summed E-state index contributed by atoms with van der Waals surface area (Å²) in [6.45, 7) is 3.91. The van der Waals surface area contributed by atoms with E-state index in [9.17, 15) is 4.79 Å². The third-order valence-electron chi connectivity index (χ3n) is 3.25. The van der Waals surface area contributed by atoms with Crippen LogP contribution in [0.3, 0.4) is 0 Å². The molecule has 0 radical (unpaired) electrons. The lowest BCUT2D eigenvalue weighted by atomic mass is 10.2. The molecule has 1 saturated carbocycles. The average molecular weight is 312 g/mol. The standard InChI is InChI=1S/C13H18BrN3O/c1-9-13(18)16(3)8-4-5-12(14)15-10(2)17(9)11-6-7-11/h4-5,8-9,11H,6-7H2,1-3H3/b8-4+,12-5-,15-10+. The largest absolute Gasteiger partial charge is 0.346 e. The van der Waals surface area contributed by atoms with Crippen LogP contribution in [0.15, 0.2) is 28.0 Å². The van der Waals surface area contributed by atoms with Gasteiger partial charge in [0.1, 0.15) is 16.5 Å². The van der Waals surface area contributed by atoms with E-state index in [0.29, 0.717) is 6.04 Å². The Kier molecular flexibility index (Phi) is 3.90. The van der Waals surface area contributed by atoms with Crippen LogP contribution < -0.4 is 0 Å². The van der Waals surface area contributed by atoms with Gasteiger partial charge in [-0.3, -0.25) is 4.79 Å². The number of amides is 1. The lowest BCUT2D eigenvalue weighted by molar-refractivity contribution is -0.131. The van der Waals surface area contributed by atoms with Crippen molar-refractivity contribution in [3.8, 4) is 0 Å². The SMILES string of the molecule is C\C1=N/C(Br)=C\C=C\N(C)C(=O)C(C)N1C1CC1. The van der Waals surface area contributed by atoms with E-state index in [0.717, 1.165) is 23.3 Å². The van der Waals surface area contributed by atoms with Crippen molar-refractivity contribution in [1.29, 1.82) is 0 Å². The highest BCUT2D eigenvalue weighted by molar-refractivity contribution is 9.11. The molecular weight excluding hydrogens is 294 g/mol. The highest BCUT2D eigenvalue weighted by atomic mass is 79.9. The second-order valence-corrected chi connectivity index (χ2v) is 5.57. The molecule has 0 spiro atoms. The second-order valence-electron chi connectivity index (χ2n) is 4.75. The van der Waals surface area contributed by atoms with Crippen LogP contribution in [0.4, 0.5) is 0 Å². The molecule has 1 aliphatic carbocycles. The molecule has 98 valence electrons. The predicted octanol–water partition coefficient (Wildman–Crippen LogP) is 2.48. The number of carbonyl (C=O) groups is 1. The van der Waals surface area contributed by atoms with Gasteiger partial charge in [-0.1, -0.05) is 0 Å². The van der Waals surface area contributed by atoms with E-state index >= 15 is 0 Å². The first kappa shape index (κ1) is 13.3. The van der Waals surface area contributed by atoms with Gasteiger partial charge in [0.15, 0.2) is 0 Å². The highest BCUT2D eigenvalue weighted by Crippen LogP contribution is 2.30. The second kappa shape index (κ2) is 5.26. The summed E-state index contributed by atoms with van der Waals surface area (Å²) < 4.78 is 0.775. The molecule has 2 aliphatic rings. The molecule has 1 atom stereocenters. The van der Waals surface area contributed by atoms with Crippen LogP contribution in [0.5, 0.6) is 0 Å². The molecule has 0 aromatic carbocycles. The molecular formula is C13H18BrN3O.